The second-order valence-corrected chi connectivity index (χ2v) is 22.5. The van der Waals surface area contributed by atoms with E-state index in [1.807, 2.05) is 0 Å². The standard InChI is InChI=1S/C80H50N6/c1-3-17-57(18-4-1)83-71-27-13-8-21-61(71)66-47-53(35-43-75(66)83)55-37-45-77-68(49-55)63-23-10-15-29-73(63)85(77)59-39-31-51(32-40-59)79-65-25-7-12-26-70(65)81-80(82-79)52-33-41-60(42-34-52)86-74-30-16-11-24-64(74)69-50-56(38-46-78(69)86)54-36-44-76-67(48-54)62-22-9-14-28-72(62)84(76)58-19-5-2-6-20-58/h1-50H. The zero-order valence-electron chi connectivity index (χ0n) is 46.6. The van der Waals surface area contributed by atoms with Crippen LogP contribution < -0.4 is 0 Å². The fraction of sp³-hybridized carbons (Fsp3) is 0. The molecule has 0 saturated heterocycles. The largest absolute Gasteiger partial charge is 0.309 e. The molecule has 0 amide bonds. The molecular formula is C80H50N6. The number of hydrogen-bond acceptors (Lipinski definition) is 2. The molecule has 0 radical (unpaired) electrons. The Balaban J connectivity index is 0.678. The molecule has 0 aliphatic rings. The van der Waals surface area contributed by atoms with Gasteiger partial charge in [0.05, 0.1) is 55.3 Å². The van der Waals surface area contributed by atoms with E-state index in [1.54, 1.807) is 0 Å². The molecule has 5 heterocycles. The van der Waals surface area contributed by atoms with Crippen LogP contribution in [-0.2, 0) is 0 Å². The molecule has 0 spiro atoms. The summed E-state index contributed by atoms with van der Waals surface area (Å²) in [6.07, 6.45) is 0. The number of fused-ring (bicyclic) bond motifs is 13. The van der Waals surface area contributed by atoms with E-state index in [0.29, 0.717) is 5.82 Å². The van der Waals surface area contributed by atoms with Gasteiger partial charge < -0.3 is 18.3 Å². The van der Waals surface area contributed by atoms with Crippen molar-refractivity contribution < 1.29 is 0 Å². The summed E-state index contributed by atoms with van der Waals surface area (Å²) in [5, 5.41) is 10.8. The van der Waals surface area contributed by atoms with Crippen molar-refractivity contribution in [1.82, 2.24) is 28.2 Å². The first kappa shape index (κ1) is 48.0. The summed E-state index contributed by atoms with van der Waals surface area (Å²) in [7, 11) is 0. The fourth-order valence-electron chi connectivity index (χ4n) is 13.8. The van der Waals surface area contributed by atoms with E-state index in [2.05, 4.69) is 322 Å². The van der Waals surface area contributed by atoms with E-state index in [-0.39, 0.29) is 0 Å². The third-order valence-electron chi connectivity index (χ3n) is 17.8. The van der Waals surface area contributed by atoms with Crippen LogP contribution in [0.3, 0.4) is 0 Å². The van der Waals surface area contributed by atoms with Crippen molar-refractivity contribution >= 4 is 98.1 Å². The highest BCUT2D eigenvalue weighted by atomic mass is 15.0. The molecule has 86 heavy (non-hydrogen) atoms. The van der Waals surface area contributed by atoms with Crippen LogP contribution in [0.15, 0.2) is 303 Å². The number of rotatable bonds is 8. The van der Waals surface area contributed by atoms with E-state index in [1.165, 1.54) is 87.4 Å². The van der Waals surface area contributed by atoms with Gasteiger partial charge in [-0.3, -0.25) is 0 Å². The molecule has 18 aromatic rings. The minimum absolute atomic E-state index is 0.685. The number of nitrogens with zero attached hydrogens (tertiary/aromatic N) is 6. The first-order chi connectivity index (χ1) is 42.6. The fourth-order valence-corrected chi connectivity index (χ4v) is 13.8. The predicted molar refractivity (Wildman–Crippen MR) is 359 cm³/mol. The minimum Gasteiger partial charge on any atom is -0.309 e. The molecule has 0 aliphatic carbocycles. The Hall–Kier alpha value is -11.6. The van der Waals surface area contributed by atoms with Gasteiger partial charge in [-0.25, -0.2) is 9.97 Å². The van der Waals surface area contributed by atoms with Gasteiger partial charge in [-0.05, 0) is 162 Å². The summed E-state index contributed by atoms with van der Waals surface area (Å²) >= 11 is 0. The molecule has 5 aromatic heterocycles. The molecule has 400 valence electrons. The monoisotopic (exact) mass is 1090 g/mol. The van der Waals surface area contributed by atoms with Gasteiger partial charge in [-0.15, -0.1) is 0 Å². The van der Waals surface area contributed by atoms with Crippen molar-refractivity contribution in [3.05, 3.63) is 303 Å². The Bertz CT molecular complexity index is 5750. The summed E-state index contributed by atoms with van der Waals surface area (Å²) in [4.78, 5) is 10.6. The van der Waals surface area contributed by atoms with Gasteiger partial charge in [-0.2, -0.15) is 0 Å². The lowest BCUT2D eigenvalue weighted by atomic mass is 10.0. The number of aromatic nitrogens is 6. The summed E-state index contributed by atoms with van der Waals surface area (Å²) in [6.45, 7) is 0. The maximum atomic E-state index is 5.38. The quantitative estimate of drug-likeness (QED) is 0.152. The van der Waals surface area contributed by atoms with Gasteiger partial charge in [0.25, 0.3) is 0 Å². The van der Waals surface area contributed by atoms with Crippen LogP contribution >= 0.6 is 0 Å². The third-order valence-corrected chi connectivity index (χ3v) is 17.8. The van der Waals surface area contributed by atoms with Crippen molar-refractivity contribution in [2.45, 2.75) is 0 Å². The summed E-state index contributed by atoms with van der Waals surface area (Å²) in [6, 6.07) is 110. The third kappa shape index (κ3) is 7.40. The zero-order valence-corrected chi connectivity index (χ0v) is 46.6. The van der Waals surface area contributed by atoms with Gasteiger partial charge in [-0.1, -0.05) is 164 Å². The normalized spacial score (nSPS) is 12.0. The van der Waals surface area contributed by atoms with Crippen molar-refractivity contribution in [3.63, 3.8) is 0 Å². The molecule has 6 nitrogen and oxygen atoms in total. The van der Waals surface area contributed by atoms with Gasteiger partial charge in [0.2, 0.25) is 0 Å². The molecular weight excluding hydrogens is 1040 g/mol. The van der Waals surface area contributed by atoms with E-state index in [4.69, 9.17) is 9.97 Å². The SMILES string of the molecule is c1ccc(-n2c3ccccc3c3cc(-c4ccc5c(c4)c4ccccc4n5-c4ccc(-c5nc(-c6ccc(-n7c8ccccc8c8cc(-c9ccc%10c(c9)c9ccccc9n%10-c9ccccc9)ccc87)cc6)c6ccccc6n5)cc4)ccc32)cc1. The average Bonchev–Trinajstić information content (AvgIpc) is 2.54. The first-order valence-corrected chi connectivity index (χ1v) is 29.4. The van der Waals surface area contributed by atoms with E-state index < -0.39 is 0 Å². The Kier molecular flexibility index (Phi) is 10.6. The second-order valence-electron chi connectivity index (χ2n) is 22.5. The first-order valence-electron chi connectivity index (χ1n) is 29.4. The summed E-state index contributed by atoms with van der Waals surface area (Å²) in [5.41, 5.74) is 22.5. The van der Waals surface area contributed by atoms with Crippen LogP contribution in [0.1, 0.15) is 0 Å². The van der Waals surface area contributed by atoms with Crippen molar-refractivity contribution in [1.29, 1.82) is 0 Å². The van der Waals surface area contributed by atoms with Crippen LogP contribution in [0.5, 0.6) is 0 Å². The van der Waals surface area contributed by atoms with E-state index in [9.17, 15) is 0 Å². The Labute approximate surface area is 494 Å². The zero-order chi connectivity index (χ0) is 56.4. The number of hydrogen-bond donors (Lipinski definition) is 0. The van der Waals surface area contributed by atoms with Gasteiger partial charge in [0.15, 0.2) is 5.82 Å². The molecule has 0 fully saturated rings. The predicted octanol–water partition coefficient (Wildman–Crippen LogP) is 20.7. The molecule has 6 heteroatoms. The lowest BCUT2D eigenvalue weighted by molar-refractivity contribution is 1.17. The average molecular weight is 1100 g/mol. The lowest BCUT2D eigenvalue weighted by Gasteiger charge is -2.13. The lowest BCUT2D eigenvalue weighted by Crippen LogP contribution is -1.97. The molecule has 0 unspecified atom stereocenters. The summed E-state index contributed by atoms with van der Waals surface area (Å²) in [5.74, 6) is 0.685. The molecule has 18 rings (SSSR count). The molecule has 13 aromatic carbocycles. The van der Waals surface area contributed by atoms with Gasteiger partial charge in [0, 0.05) is 82.4 Å². The van der Waals surface area contributed by atoms with Crippen LogP contribution in [0.25, 0.3) is 166 Å². The highest BCUT2D eigenvalue weighted by Gasteiger charge is 2.20. The number of benzene rings is 13. The summed E-state index contributed by atoms with van der Waals surface area (Å²) < 4.78 is 9.52. The topological polar surface area (TPSA) is 45.5 Å². The van der Waals surface area contributed by atoms with Crippen LogP contribution in [-0.4, -0.2) is 28.2 Å². The van der Waals surface area contributed by atoms with Gasteiger partial charge in [0.1, 0.15) is 0 Å². The minimum atomic E-state index is 0.685. The number of para-hydroxylation sites is 7. The van der Waals surface area contributed by atoms with Crippen LogP contribution in [0, 0.1) is 0 Å². The Morgan fingerprint density at radius 2 is 0.465 bits per heavy atom. The van der Waals surface area contributed by atoms with Crippen LogP contribution in [0.2, 0.25) is 0 Å². The smallest absolute Gasteiger partial charge is 0.160 e. The Morgan fingerprint density at radius 3 is 0.837 bits per heavy atom. The van der Waals surface area contributed by atoms with Crippen molar-refractivity contribution in [2.75, 3.05) is 0 Å². The second kappa shape index (κ2) is 19.0. The molecule has 0 bridgehead atoms. The maximum Gasteiger partial charge on any atom is 0.160 e. The van der Waals surface area contributed by atoms with E-state index >= 15 is 0 Å². The molecule has 0 atom stereocenters. The maximum absolute atomic E-state index is 5.38. The van der Waals surface area contributed by atoms with E-state index in [0.717, 1.165) is 72.5 Å². The highest BCUT2D eigenvalue weighted by Crippen LogP contribution is 2.42. The highest BCUT2D eigenvalue weighted by molar-refractivity contribution is 6.15. The molecule has 0 saturated carbocycles. The van der Waals surface area contributed by atoms with Gasteiger partial charge >= 0.3 is 0 Å². The van der Waals surface area contributed by atoms with Crippen molar-refractivity contribution in [2.24, 2.45) is 0 Å². The van der Waals surface area contributed by atoms with Crippen molar-refractivity contribution in [3.8, 4) is 67.6 Å². The molecule has 0 N–H and O–H groups in total. The van der Waals surface area contributed by atoms with Crippen LogP contribution in [0.4, 0.5) is 0 Å². The molecule has 0 aliphatic heterocycles. The Morgan fingerprint density at radius 1 is 0.186 bits per heavy atom.